The van der Waals surface area contributed by atoms with Crippen molar-refractivity contribution in [2.24, 2.45) is 0 Å². The van der Waals surface area contributed by atoms with Crippen LogP contribution in [0.5, 0.6) is 0 Å². The Labute approximate surface area is 164 Å². The summed E-state index contributed by atoms with van der Waals surface area (Å²) in [5.41, 5.74) is 6.61. The molecule has 0 atom stereocenters. The molecule has 0 saturated carbocycles. The molecule has 1 saturated heterocycles. The topological polar surface area (TPSA) is 15.3 Å². The van der Waals surface area contributed by atoms with E-state index in [1.807, 2.05) is 7.05 Å². The fraction of sp³-hybridized carbons (Fsp3) is 0.440. The smallest absolute Gasteiger partial charge is 0.0604 e. The predicted molar refractivity (Wildman–Crippen MR) is 115 cm³/mol. The van der Waals surface area contributed by atoms with Crippen molar-refractivity contribution in [1.29, 1.82) is 0 Å². The number of likely N-dealkylation sites (tertiary alicyclic amines) is 1. The van der Waals surface area contributed by atoms with Crippen LogP contribution in [-0.4, -0.2) is 31.6 Å². The predicted octanol–water partition coefficient (Wildman–Crippen LogP) is 5.34. The largest absolute Gasteiger partial charge is 0.391 e. The molecule has 2 aromatic carbocycles. The summed E-state index contributed by atoms with van der Waals surface area (Å²) in [5.74, 6) is 0. The Morgan fingerprint density at radius 2 is 1.52 bits per heavy atom. The molecule has 1 heterocycles. The molecule has 0 spiro atoms. The maximum Gasteiger partial charge on any atom is 0.0604 e. The molecule has 2 heteroatoms. The molecule has 142 valence electrons. The van der Waals surface area contributed by atoms with Crippen molar-refractivity contribution in [3.63, 3.8) is 0 Å². The Balaban J connectivity index is 1.60. The van der Waals surface area contributed by atoms with Crippen molar-refractivity contribution in [2.45, 2.75) is 43.9 Å². The molecule has 1 aliphatic heterocycles. The minimum atomic E-state index is -0.107. The molecular formula is C25H32N2. The van der Waals surface area contributed by atoms with Crippen LogP contribution in [0.2, 0.25) is 0 Å². The molecular weight excluding hydrogens is 328 g/mol. The summed E-state index contributed by atoms with van der Waals surface area (Å²) in [6, 6.07) is 17.8. The van der Waals surface area contributed by atoms with Gasteiger partial charge in [-0.2, -0.15) is 0 Å². The molecule has 0 amide bonds. The summed E-state index contributed by atoms with van der Waals surface area (Å²) < 4.78 is 0. The van der Waals surface area contributed by atoms with Crippen molar-refractivity contribution in [2.75, 3.05) is 26.7 Å². The SMILES string of the molecule is C=C(NC)C1(CCCCN2CCCCC2)c2ccccc2-c2ccccc21. The number of fused-ring (bicyclic) bond motifs is 3. The number of nitrogens with zero attached hydrogens (tertiary/aromatic N) is 1. The zero-order valence-electron chi connectivity index (χ0n) is 16.6. The monoisotopic (exact) mass is 360 g/mol. The Morgan fingerprint density at radius 1 is 0.926 bits per heavy atom. The van der Waals surface area contributed by atoms with Crippen molar-refractivity contribution in [3.8, 4) is 11.1 Å². The number of benzene rings is 2. The molecule has 2 nitrogen and oxygen atoms in total. The Morgan fingerprint density at radius 3 is 2.11 bits per heavy atom. The molecule has 2 aromatic rings. The summed E-state index contributed by atoms with van der Waals surface area (Å²) >= 11 is 0. The first-order valence-corrected chi connectivity index (χ1v) is 10.6. The van der Waals surface area contributed by atoms with Gasteiger partial charge in [-0.05, 0) is 67.6 Å². The summed E-state index contributed by atoms with van der Waals surface area (Å²) in [6.07, 6.45) is 7.77. The van der Waals surface area contributed by atoms with E-state index in [2.05, 4.69) is 65.3 Å². The summed E-state index contributed by atoms with van der Waals surface area (Å²) in [4.78, 5) is 2.65. The van der Waals surface area contributed by atoms with Gasteiger partial charge in [-0.15, -0.1) is 0 Å². The second-order valence-electron chi connectivity index (χ2n) is 8.08. The van der Waals surface area contributed by atoms with Crippen LogP contribution in [0, 0.1) is 0 Å². The van der Waals surface area contributed by atoms with Gasteiger partial charge in [0.15, 0.2) is 0 Å². The molecule has 2 aliphatic rings. The van der Waals surface area contributed by atoms with E-state index in [0.717, 1.165) is 12.1 Å². The second-order valence-corrected chi connectivity index (χ2v) is 8.08. The number of unbranched alkanes of at least 4 members (excludes halogenated alkanes) is 1. The number of nitrogens with one attached hydrogen (secondary N) is 1. The van der Waals surface area contributed by atoms with Gasteiger partial charge in [-0.1, -0.05) is 68.0 Å². The van der Waals surface area contributed by atoms with Crippen LogP contribution in [0.25, 0.3) is 11.1 Å². The molecule has 0 unspecified atom stereocenters. The van der Waals surface area contributed by atoms with Crippen LogP contribution in [0.15, 0.2) is 60.8 Å². The highest BCUT2D eigenvalue weighted by Crippen LogP contribution is 2.54. The van der Waals surface area contributed by atoms with Gasteiger partial charge < -0.3 is 10.2 Å². The number of hydrogen-bond donors (Lipinski definition) is 1. The molecule has 27 heavy (non-hydrogen) atoms. The van der Waals surface area contributed by atoms with Gasteiger partial charge in [0.2, 0.25) is 0 Å². The zero-order valence-corrected chi connectivity index (χ0v) is 16.6. The van der Waals surface area contributed by atoms with E-state index in [1.165, 1.54) is 74.0 Å². The first-order chi connectivity index (χ1) is 13.3. The lowest BCUT2D eigenvalue weighted by atomic mass is 9.72. The lowest BCUT2D eigenvalue weighted by Crippen LogP contribution is -2.34. The number of hydrogen-bond acceptors (Lipinski definition) is 2. The van der Waals surface area contributed by atoms with E-state index in [-0.39, 0.29) is 5.41 Å². The van der Waals surface area contributed by atoms with E-state index in [4.69, 9.17) is 0 Å². The first-order valence-electron chi connectivity index (χ1n) is 10.6. The third-order valence-electron chi connectivity index (χ3n) is 6.61. The van der Waals surface area contributed by atoms with Crippen LogP contribution in [0.1, 0.15) is 49.7 Å². The maximum atomic E-state index is 4.47. The summed E-state index contributed by atoms with van der Waals surface area (Å²) in [7, 11) is 2.02. The van der Waals surface area contributed by atoms with E-state index < -0.39 is 0 Å². The standard InChI is InChI=1S/C25H32N2/c1-20(26-2)25(16-8-11-19-27-17-9-3-10-18-27)23-14-6-4-12-21(23)22-13-5-7-15-24(22)25/h4-7,12-15,26H,1,3,8-11,16-19H2,2H3. The molecule has 0 radical (unpaired) electrons. The van der Waals surface area contributed by atoms with Crippen molar-refractivity contribution in [1.82, 2.24) is 10.2 Å². The average Bonchev–Trinajstić information content (AvgIpc) is 3.03. The third kappa shape index (κ3) is 3.21. The van der Waals surface area contributed by atoms with Crippen LogP contribution in [0.4, 0.5) is 0 Å². The highest BCUT2D eigenvalue weighted by atomic mass is 15.1. The van der Waals surface area contributed by atoms with Crippen LogP contribution < -0.4 is 5.32 Å². The normalized spacial score (nSPS) is 18.0. The average molecular weight is 361 g/mol. The van der Waals surface area contributed by atoms with E-state index in [0.29, 0.717) is 0 Å². The van der Waals surface area contributed by atoms with Crippen molar-refractivity contribution in [3.05, 3.63) is 71.9 Å². The lowest BCUT2D eigenvalue weighted by Gasteiger charge is -2.35. The quantitative estimate of drug-likeness (QED) is 0.670. The second kappa shape index (κ2) is 7.90. The fourth-order valence-corrected chi connectivity index (χ4v) is 5.19. The first kappa shape index (κ1) is 18.3. The van der Waals surface area contributed by atoms with Crippen molar-refractivity contribution >= 4 is 0 Å². The Bertz CT molecular complexity index is 756. The minimum Gasteiger partial charge on any atom is -0.391 e. The molecule has 1 fully saturated rings. The van der Waals surface area contributed by atoms with E-state index >= 15 is 0 Å². The van der Waals surface area contributed by atoms with E-state index in [9.17, 15) is 0 Å². The van der Waals surface area contributed by atoms with Crippen LogP contribution in [0.3, 0.4) is 0 Å². The molecule has 0 bridgehead atoms. The summed E-state index contributed by atoms with van der Waals surface area (Å²) in [5, 5.41) is 3.41. The highest BCUT2D eigenvalue weighted by Gasteiger charge is 2.44. The van der Waals surface area contributed by atoms with Gasteiger partial charge in [-0.25, -0.2) is 0 Å². The lowest BCUT2D eigenvalue weighted by molar-refractivity contribution is 0.223. The molecule has 0 aromatic heterocycles. The molecule has 1 N–H and O–H groups in total. The zero-order chi connectivity index (χ0) is 18.7. The van der Waals surface area contributed by atoms with Gasteiger partial charge in [-0.3, -0.25) is 0 Å². The van der Waals surface area contributed by atoms with Gasteiger partial charge in [0.05, 0.1) is 5.41 Å². The Kier molecular flexibility index (Phi) is 5.36. The minimum absolute atomic E-state index is 0.107. The van der Waals surface area contributed by atoms with Crippen molar-refractivity contribution < 1.29 is 0 Å². The van der Waals surface area contributed by atoms with Gasteiger partial charge in [0.1, 0.15) is 0 Å². The number of piperidine rings is 1. The molecule has 1 aliphatic carbocycles. The highest BCUT2D eigenvalue weighted by molar-refractivity contribution is 5.82. The van der Waals surface area contributed by atoms with E-state index in [1.54, 1.807) is 0 Å². The number of allylic oxidation sites excluding steroid dienone is 1. The van der Waals surface area contributed by atoms with Gasteiger partial charge in [0, 0.05) is 12.7 Å². The fourth-order valence-electron chi connectivity index (χ4n) is 5.19. The Hall–Kier alpha value is -2.06. The maximum absolute atomic E-state index is 4.47. The van der Waals surface area contributed by atoms with Gasteiger partial charge in [0.25, 0.3) is 0 Å². The van der Waals surface area contributed by atoms with Gasteiger partial charge >= 0.3 is 0 Å². The third-order valence-corrected chi connectivity index (χ3v) is 6.61. The number of likely N-dealkylation sites (N-methyl/N-ethyl adjacent to an activating group) is 1. The summed E-state index contributed by atoms with van der Waals surface area (Å²) in [6.45, 7) is 8.30. The number of rotatable bonds is 7. The molecule has 4 rings (SSSR count). The van der Waals surface area contributed by atoms with Crippen LogP contribution in [-0.2, 0) is 5.41 Å². The van der Waals surface area contributed by atoms with Crippen LogP contribution >= 0.6 is 0 Å².